The van der Waals surface area contributed by atoms with E-state index in [1.54, 1.807) is 31.2 Å². The molecule has 0 radical (unpaired) electrons. The van der Waals surface area contributed by atoms with Gasteiger partial charge in [0, 0.05) is 5.57 Å². The molecule has 0 heterocycles. The SMILES string of the molecule is CCOC(=O)CC(=C=C(C)C)c1ccc(O)cc1. The van der Waals surface area contributed by atoms with E-state index >= 15 is 0 Å². The van der Waals surface area contributed by atoms with Crippen molar-refractivity contribution < 1.29 is 14.6 Å². The summed E-state index contributed by atoms with van der Waals surface area (Å²) in [5, 5.41) is 9.26. The highest BCUT2D eigenvalue weighted by Crippen LogP contribution is 2.21. The van der Waals surface area contributed by atoms with Gasteiger partial charge in [-0.1, -0.05) is 12.1 Å². The van der Waals surface area contributed by atoms with Crippen LogP contribution in [0.25, 0.3) is 5.57 Å². The molecule has 0 atom stereocenters. The first-order chi connectivity index (χ1) is 8.52. The van der Waals surface area contributed by atoms with Gasteiger partial charge in [0.2, 0.25) is 0 Å². The van der Waals surface area contributed by atoms with E-state index in [2.05, 4.69) is 5.73 Å². The summed E-state index contributed by atoms with van der Waals surface area (Å²) in [6.45, 7) is 6.00. The second kappa shape index (κ2) is 6.67. The number of ether oxygens (including phenoxy) is 1. The van der Waals surface area contributed by atoms with Crippen molar-refractivity contribution in [3.8, 4) is 5.75 Å². The molecule has 18 heavy (non-hydrogen) atoms. The molecule has 1 rings (SSSR count). The molecule has 1 aromatic carbocycles. The van der Waals surface area contributed by atoms with Gasteiger partial charge in [-0.25, -0.2) is 0 Å². The largest absolute Gasteiger partial charge is 0.508 e. The molecule has 0 unspecified atom stereocenters. The quantitative estimate of drug-likeness (QED) is 0.655. The van der Waals surface area contributed by atoms with Gasteiger partial charge >= 0.3 is 5.97 Å². The first-order valence-corrected chi connectivity index (χ1v) is 5.91. The van der Waals surface area contributed by atoms with Crippen LogP contribution in [0.5, 0.6) is 5.75 Å². The highest BCUT2D eigenvalue weighted by molar-refractivity contribution is 5.85. The van der Waals surface area contributed by atoms with Crippen LogP contribution in [0, 0.1) is 0 Å². The monoisotopic (exact) mass is 246 g/mol. The predicted molar refractivity (Wildman–Crippen MR) is 71.1 cm³/mol. The summed E-state index contributed by atoms with van der Waals surface area (Å²) in [4.78, 5) is 11.5. The number of rotatable bonds is 4. The van der Waals surface area contributed by atoms with Crippen LogP contribution >= 0.6 is 0 Å². The summed E-state index contributed by atoms with van der Waals surface area (Å²) in [5.41, 5.74) is 5.78. The Kier molecular flexibility index (Phi) is 5.22. The lowest BCUT2D eigenvalue weighted by molar-refractivity contribution is -0.141. The van der Waals surface area contributed by atoms with Crippen LogP contribution in [-0.2, 0) is 9.53 Å². The zero-order chi connectivity index (χ0) is 13.5. The average Bonchev–Trinajstić information content (AvgIpc) is 2.28. The van der Waals surface area contributed by atoms with Crippen molar-refractivity contribution in [1.82, 2.24) is 0 Å². The number of hydrogen-bond donors (Lipinski definition) is 1. The molecular weight excluding hydrogens is 228 g/mol. The van der Waals surface area contributed by atoms with Crippen molar-refractivity contribution >= 4 is 11.5 Å². The highest BCUT2D eigenvalue weighted by atomic mass is 16.5. The summed E-state index contributed by atoms with van der Waals surface area (Å²) in [6, 6.07) is 6.71. The number of benzene rings is 1. The minimum absolute atomic E-state index is 0.184. The normalized spacial score (nSPS) is 9.50. The van der Waals surface area contributed by atoms with Crippen molar-refractivity contribution in [3.63, 3.8) is 0 Å². The maximum atomic E-state index is 11.5. The fourth-order valence-corrected chi connectivity index (χ4v) is 1.54. The Labute approximate surface area is 107 Å². The molecular formula is C15H18O3. The third-order valence-corrected chi connectivity index (χ3v) is 2.24. The third kappa shape index (κ3) is 4.48. The summed E-state index contributed by atoms with van der Waals surface area (Å²) in [7, 11) is 0. The van der Waals surface area contributed by atoms with Gasteiger partial charge in [0.25, 0.3) is 0 Å². The van der Waals surface area contributed by atoms with Crippen LogP contribution in [0.15, 0.2) is 35.6 Å². The van der Waals surface area contributed by atoms with Crippen LogP contribution in [0.4, 0.5) is 0 Å². The molecule has 96 valence electrons. The van der Waals surface area contributed by atoms with Gasteiger partial charge < -0.3 is 9.84 Å². The van der Waals surface area contributed by atoms with Gasteiger partial charge in [0.1, 0.15) is 5.75 Å². The molecule has 0 saturated carbocycles. The first kappa shape index (κ1) is 14.1. The number of phenols is 1. The molecule has 0 aliphatic rings. The van der Waals surface area contributed by atoms with Gasteiger partial charge in [-0.05, 0) is 44.0 Å². The number of esters is 1. The summed E-state index contributed by atoms with van der Waals surface area (Å²) >= 11 is 0. The number of carbonyl (C=O) groups excluding carboxylic acids is 1. The van der Waals surface area contributed by atoms with Crippen molar-refractivity contribution in [2.24, 2.45) is 0 Å². The Bertz CT molecular complexity index is 473. The van der Waals surface area contributed by atoms with Crippen molar-refractivity contribution in [2.45, 2.75) is 27.2 Å². The van der Waals surface area contributed by atoms with E-state index in [0.717, 1.165) is 16.7 Å². The second-order valence-electron chi connectivity index (χ2n) is 4.13. The third-order valence-electron chi connectivity index (χ3n) is 2.24. The molecule has 0 bridgehead atoms. The van der Waals surface area contributed by atoms with Crippen LogP contribution in [-0.4, -0.2) is 17.7 Å². The number of aromatic hydroxyl groups is 1. The van der Waals surface area contributed by atoms with E-state index < -0.39 is 0 Å². The number of phenolic OH excluding ortho intramolecular Hbond substituents is 1. The van der Waals surface area contributed by atoms with Crippen LogP contribution in [0.3, 0.4) is 0 Å². The van der Waals surface area contributed by atoms with E-state index in [4.69, 9.17) is 4.74 Å². The van der Waals surface area contributed by atoms with Crippen LogP contribution in [0.2, 0.25) is 0 Å². The summed E-state index contributed by atoms with van der Waals surface area (Å²) in [5.74, 6) is -0.0687. The standard InChI is InChI=1S/C15H18O3/c1-4-18-15(17)10-13(9-11(2)3)12-5-7-14(16)8-6-12/h5-8,16H,4,10H2,1-3H3. The lowest BCUT2D eigenvalue weighted by atomic mass is 10.0. The van der Waals surface area contributed by atoms with E-state index in [9.17, 15) is 9.90 Å². The van der Waals surface area contributed by atoms with Gasteiger partial charge in [-0.15, -0.1) is 5.73 Å². The molecule has 0 saturated heterocycles. The molecule has 0 amide bonds. The molecule has 0 aliphatic heterocycles. The highest BCUT2D eigenvalue weighted by Gasteiger charge is 2.09. The fraction of sp³-hybridized carbons (Fsp3) is 0.333. The predicted octanol–water partition coefficient (Wildman–Crippen LogP) is 3.29. The summed E-state index contributed by atoms with van der Waals surface area (Å²) < 4.78 is 4.94. The lowest BCUT2D eigenvalue weighted by Crippen LogP contribution is -2.04. The van der Waals surface area contributed by atoms with Crippen LogP contribution in [0.1, 0.15) is 32.8 Å². The molecule has 3 heteroatoms. The molecule has 1 N–H and O–H groups in total. The smallest absolute Gasteiger partial charge is 0.310 e. The van der Waals surface area contributed by atoms with Gasteiger partial charge in [0.05, 0.1) is 13.0 Å². The van der Waals surface area contributed by atoms with E-state index in [0.29, 0.717) is 6.61 Å². The Balaban J connectivity index is 3.04. The van der Waals surface area contributed by atoms with E-state index in [1.807, 2.05) is 13.8 Å². The maximum Gasteiger partial charge on any atom is 0.310 e. The van der Waals surface area contributed by atoms with E-state index in [-0.39, 0.29) is 18.1 Å². The summed E-state index contributed by atoms with van der Waals surface area (Å²) in [6.07, 6.45) is 0.184. The number of carbonyl (C=O) groups is 1. The first-order valence-electron chi connectivity index (χ1n) is 5.91. The molecule has 0 aromatic heterocycles. The molecule has 0 fully saturated rings. The van der Waals surface area contributed by atoms with Crippen LogP contribution < -0.4 is 0 Å². The Morgan fingerprint density at radius 2 is 1.89 bits per heavy atom. The van der Waals surface area contributed by atoms with Gasteiger partial charge in [-0.2, -0.15) is 0 Å². The lowest BCUT2D eigenvalue weighted by Gasteiger charge is -2.06. The van der Waals surface area contributed by atoms with Crippen molar-refractivity contribution in [3.05, 3.63) is 41.1 Å². The minimum Gasteiger partial charge on any atom is -0.508 e. The average molecular weight is 246 g/mol. The van der Waals surface area contributed by atoms with Crippen molar-refractivity contribution in [2.75, 3.05) is 6.61 Å². The molecule has 0 spiro atoms. The Hall–Kier alpha value is -1.99. The van der Waals surface area contributed by atoms with Crippen molar-refractivity contribution in [1.29, 1.82) is 0 Å². The van der Waals surface area contributed by atoms with Gasteiger partial charge in [-0.3, -0.25) is 4.79 Å². The maximum absolute atomic E-state index is 11.5. The molecule has 1 aromatic rings. The zero-order valence-electron chi connectivity index (χ0n) is 11.0. The van der Waals surface area contributed by atoms with E-state index in [1.165, 1.54) is 0 Å². The Morgan fingerprint density at radius 3 is 2.39 bits per heavy atom. The Morgan fingerprint density at radius 1 is 1.28 bits per heavy atom. The second-order valence-corrected chi connectivity index (χ2v) is 4.13. The molecule has 3 nitrogen and oxygen atoms in total. The topological polar surface area (TPSA) is 46.5 Å². The number of hydrogen-bond acceptors (Lipinski definition) is 3. The minimum atomic E-state index is -0.269. The van der Waals surface area contributed by atoms with Gasteiger partial charge in [0.15, 0.2) is 0 Å². The fourth-order valence-electron chi connectivity index (χ4n) is 1.54. The zero-order valence-corrected chi connectivity index (χ0v) is 11.0. The molecule has 0 aliphatic carbocycles.